The van der Waals surface area contributed by atoms with Crippen LogP contribution in [0, 0.1) is 0 Å². The van der Waals surface area contributed by atoms with Crippen LogP contribution in [0.3, 0.4) is 0 Å². The number of aliphatic carboxylic acids is 2. The number of hydrogen-bond acceptors (Lipinski definition) is 4. The molecule has 0 saturated carbocycles. The van der Waals surface area contributed by atoms with Crippen LogP contribution < -0.4 is 4.74 Å². The predicted octanol–water partition coefficient (Wildman–Crippen LogP) is 1.86. The minimum Gasteiger partial charge on any atom is -0.494 e. The van der Waals surface area contributed by atoms with Gasteiger partial charge in [0, 0.05) is 0 Å². The molecule has 0 saturated heterocycles. The van der Waals surface area contributed by atoms with Crippen LogP contribution >= 0.6 is 12.6 Å². The van der Waals surface area contributed by atoms with E-state index in [1.165, 1.54) is 0 Å². The highest BCUT2D eigenvalue weighted by Crippen LogP contribution is 2.14. The Bertz CT molecular complexity index is 429. The molecule has 2 N–H and O–H groups in total. The normalized spacial score (nSPS) is 11.8. The van der Waals surface area contributed by atoms with Gasteiger partial charge in [0.05, 0.1) is 18.3 Å². The van der Waals surface area contributed by atoms with Crippen LogP contribution in [-0.4, -0.2) is 34.0 Å². The van der Waals surface area contributed by atoms with Gasteiger partial charge < -0.3 is 14.9 Å². The molecule has 0 aromatic heterocycles. The number of carboxylic acids is 2. The maximum atomic E-state index is 10.5. The molecule has 1 atom stereocenters. The van der Waals surface area contributed by atoms with E-state index in [4.69, 9.17) is 14.9 Å². The van der Waals surface area contributed by atoms with Gasteiger partial charge >= 0.3 is 11.9 Å². The highest BCUT2D eigenvalue weighted by Gasteiger charge is 2.10. The maximum absolute atomic E-state index is 10.5. The summed E-state index contributed by atoms with van der Waals surface area (Å²) in [4.78, 5) is 21.0. The Hall–Kier alpha value is -1.69. The van der Waals surface area contributed by atoms with E-state index in [1.807, 2.05) is 0 Å². The Kier molecular flexibility index (Phi) is 6.21. The molecule has 0 bridgehead atoms. The number of carbonyl (C=O) groups is 2. The van der Waals surface area contributed by atoms with Gasteiger partial charge in [0.15, 0.2) is 0 Å². The first kappa shape index (κ1) is 15.4. The second-order valence-electron chi connectivity index (χ2n) is 4.06. The van der Waals surface area contributed by atoms with Gasteiger partial charge in [-0.25, -0.2) is 0 Å². The second kappa shape index (κ2) is 7.68. The summed E-state index contributed by atoms with van der Waals surface area (Å²) in [5.74, 6) is -1.16. The zero-order valence-electron chi connectivity index (χ0n) is 10.3. The van der Waals surface area contributed by atoms with E-state index in [-0.39, 0.29) is 6.42 Å². The zero-order valence-corrected chi connectivity index (χ0v) is 11.2. The van der Waals surface area contributed by atoms with E-state index < -0.39 is 17.2 Å². The zero-order chi connectivity index (χ0) is 14.3. The summed E-state index contributed by atoms with van der Waals surface area (Å²) < 4.78 is 5.42. The van der Waals surface area contributed by atoms with E-state index in [2.05, 4.69) is 12.6 Å². The third-order valence-corrected chi connectivity index (χ3v) is 2.93. The van der Waals surface area contributed by atoms with Crippen molar-refractivity contribution in [3.8, 4) is 5.75 Å². The third-order valence-electron chi connectivity index (χ3n) is 2.45. The molecule has 19 heavy (non-hydrogen) atoms. The monoisotopic (exact) mass is 284 g/mol. The predicted molar refractivity (Wildman–Crippen MR) is 72.9 cm³/mol. The largest absolute Gasteiger partial charge is 0.494 e. The molecule has 1 unspecified atom stereocenters. The number of thiol groups is 1. The van der Waals surface area contributed by atoms with E-state index in [9.17, 15) is 9.59 Å². The van der Waals surface area contributed by atoms with Crippen molar-refractivity contribution in [2.75, 3.05) is 6.61 Å². The van der Waals surface area contributed by atoms with Gasteiger partial charge in [-0.2, -0.15) is 12.6 Å². The van der Waals surface area contributed by atoms with Gasteiger partial charge in [-0.1, -0.05) is 12.1 Å². The van der Waals surface area contributed by atoms with Crippen LogP contribution in [0.4, 0.5) is 0 Å². The average molecular weight is 284 g/mol. The van der Waals surface area contributed by atoms with Gasteiger partial charge in [-0.15, -0.1) is 0 Å². The number of carboxylic acid groups (broad SMARTS) is 2. The SMILES string of the molecule is O=C(O)Cc1ccc(OCCCC(S)C(=O)O)cc1. The molecule has 0 amide bonds. The second-order valence-corrected chi connectivity index (χ2v) is 4.68. The van der Waals surface area contributed by atoms with Crippen LogP contribution in [0.5, 0.6) is 5.75 Å². The Morgan fingerprint density at radius 3 is 2.37 bits per heavy atom. The summed E-state index contributed by atoms with van der Waals surface area (Å²) in [6.07, 6.45) is 1.02. The number of benzene rings is 1. The number of ether oxygens (including phenoxy) is 1. The average Bonchev–Trinajstić information content (AvgIpc) is 2.35. The summed E-state index contributed by atoms with van der Waals surface area (Å²) in [6, 6.07) is 6.80. The molecule has 5 nitrogen and oxygen atoms in total. The van der Waals surface area contributed by atoms with E-state index in [0.717, 1.165) is 0 Å². The van der Waals surface area contributed by atoms with Crippen LogP contribution in [0.15, 0.2) is 24.3 Å². The highest BCUT2D eigenvalue weighted by atomic mass is 32.1. The first-order valence-electron chi connectivity index (χ1n) is 5.83. The summed E-state index contributed by atoms with van der Waals surface area (Å²) in [5.41, 5.74) is 0.709. The fourth-order valence-corrected chi connectivity index (χ4v) is 1.65. The lowest BCUT2D eigenvalue weighted by atomic mass is 10.1. The van der Waals surface area contributed by atoms with Crippen molar-refractivity contribution in [1.29, 1.82) is 0 Å². The Balaban J connectivity index is 2.30. The summed E-state index contributed by atoms with van der Waals surface area (Å²) in [7, 11) is 0. The molecule has 0 fully saturated rings. The van der Waals surface area contributed by atoms with Gasteiger partial charge in [0.1, 0.15) is 5.75 Å². The van der Waals surface area contributed by atoms with Crippen LogP contribution in [-0.2, 0) is 16.0 Å². The van der Waals surface area contributed by atoms with E-state index >= 15 is 0 Å². The van der Waals surface area contributed by atoms with Crippen molar-refractivity contribution in [1.82, 2.24) is 0 Å². The molecule has 1 aromatic rings. The van der Waals surface area contributed by atoms with E-state index in [1.54, 1.807) is 24.3 Å². The summed E-state index contributed by atoms with van der Waals surface area (Å²) in [5, 5.41) is 16.6. The van der Waals surface area contributed by atoms with Crippen molar-refractivity contribution in [3.63, 3.8) is 0 Å². The molecular formula is C13H16O5S. The fourth-order valence-electron chi connectivity index (χ4n) is 1.47. The third kappa shape index (κ3) is 6.15. The Labute approximate surface area is 116 Å². The standard InChI is InChI=1S/C13H16O5S/c14-12(15)8-9-3-5-10(6-4-9)18-7-1-2-11(19)13(16)17/h3-6,11,19H,1-2,7-8H2,(H,14,15)(H,16,17). The Morgan fingerprint density at radius 2 is 1.84 bits per heavy atom. The molecule has 0 aliphatic rings. The number of hydrogen-bond donors (Lipinski definition) is 3. The molecule has 104 valence electrons. The topological polar surface area (TPSA) is 83.8 Å². The molecule has 0 radical (unpaired) electrons. The lowest BCUT2D eigenvalue weighted by Crippen LogP contribution is -2.14. The Morgan fingerprint density at radius 1 is 1.21 bits per heavy atom. The van der Waals surface area contributed by atoms with Crippen LogP contribution in [0.1, 0.15) is 18.4 Å². The van der Waals surface area contributed by atoms with Crippen LogP contribution in [0.2, 0.25) is 0 Å². The van der Waals surface area contributed by atoms with Crippen molar-refractivity contribution in [2.45, 2.75) is 24.5 Å². The number of rotatable bonds is 8. The molecule has 0 aliphatic heterocycles. The molecule has 1 rings (SSSR count). The lowest BCUT2D eigenvalue weighted by Gasteiger charge is -2.08. The molecule has 6 heteroatoms. The van der Waals surface area contributed by atoms with Gasteiger partial charge in [0.25, 0.3) is 0 Å². The molecule has 0 aliphatic carbocycles. The van der Waals surface area contributed by atoms with Crippen molar-refractivity contribution >= 4 is 24.6 Å². The first-order valence-corrected chi connectivity index (χ1v) is 6.35. The van der Waals surface area contributed by atoms with Crippen molar-refractivity contribution < 1.29 is 24.5 Å². The maximum Gasteiger partial charge on any atom is 0.316 e. The van der Waals surface area contributed by atoms with Gasteiger partial charge in [-0.3, -0.25) is 9.59 Å². The quantitative estimate of drug-likeness (QED) is 0.501. The molecule has 0 heterocycles. The smallest absolute Gasteiger partial charge is 0.316 e. The van der Waals surface area contributed by atoms with Crippen molar-refractivity contribution in [3.05, 3.63) is 29.8 Å². The first-order chi connectivity index (χ1) is 8.99. The highest BCUT2D eigenvalue weighted by molar-refractivity contribution is 7.81. The molecule has 1 aromatic carbocycles. The van der Waals surface area contributed by atoms with Crippen LogP contribution in [0.25, 0.3) is 0 Å². The minimum atomic E-state index is -0.929. The molecular weight excluding hydrogens is 268 g/mol. The van der Waals surface area contributed by atoms with Crippen molar-refractivity contribution in [2.24, 2.45) is 0 Å². The minimum absolute atomic E-state index is 0.0137. The molecule has 0 spiro atoms. The van der Waals surface area contributed by atoms with E-state index in [0.29, 0.717) is 30.8 Å². The fraction of sp³-hybridized carbons (Fsp3) is 0.385. The van der Waals surface area contributed by atoms with Gasteiger partial charge in [0.2, 0.25) is 0 Å². The summed E-state index contributed by atoms with van der Waals surface area (Å²) in [6.45, 7) is 0.405. The summed E-state index contributed by atoms with van der Waals surface area (Å²) >= 11 is 3.92. The lowest BCUT2D eigenvalue weighted by molar-refractivity contribution is -0.137. The van der Waals surface area contributed by atoms with Gasteiger partial charge in [-0.05, 0) is 30.5 Å².